The van der Waals surface area contributed by atoms with Gasteiger partial charge in [-0.1, -0.05) is 42.5 Å². The Labute approximate surface area is 190 Å². The number of fused-ring (bicyclic) bond motifs is 1. The van der Waals surface area contributed by atoms with Crippen molar-refractivity contribution in [3.63, 3.8) is 0 Å². The number of benzene rings is 3. The van der Waals surface area contributed by atoms with Gasteiger partial charge in [0.05, 0.1) is 6.61 Å². The second-order valence-corrected chi connectivity index (χ2v) is 9.40. The van der Waals surface area contributed by atoms with Crippen LogP contribution in [0, 0.1) is 0 Å². The summed E-state index contributed by atoms with van der Waals surface area (Å²) in [4.78, 5) is 2.13. The zero-order chi connectivity index (χ0) is 22.3. The molecule has 0 bridgehead atoms. The van der Waals surface area contributed by atoms with Gasteiger partial charge in [-0.05, 0) is 61.1 Å². The van der Waals surface area contributed by atoms with Gasteiger partial charge in [0.15, 0.2) is 0 Å². The van der Waals surface area contributed by atoms with Crippen LogP contribution < -0.4 is 4.74 Å². The standard InChI is InChI=1S/C25H27N3O3S/c1-28(2)14-5-15-30-23-12-10-21(11-13-23)25-27-26-24(31-25)18-32(29)17-19-8-9-20-6-3-4-7-22(20)16-19/h3-4,6-13,16H,5,14-15,17-18H2,1-2H3. The maximum atomic E-state index is 12.6. The van der Waals surface area contributed by atoms with Crippen LogP contribution in [-0.2, 0) is 22.3 Å². The summed E-state index contributed by atoms with van der Waals surface area (Å²) in [5, 5.41) is 10.5. The molecule has 1 unspecified atom stereocenters. The van der Waals surface area contributed by atoms with E-state index >= 15 is 0 Å². The van der Waals surface area contributed by atoms with Crippen LogP contribution in [0.3, 0.4) is 0 Å². The first-order valence-electron chi connectivity index (χ1n) is 10.6. The van der Waals surface area contributed by atoms with Crippen molar-refractivity contribution in [2.24, 2.45) is 0 Å². The highest BCUT2D eigenvalue weighted by atomic mass is 32.2. The Morgan fingerprint density at radius 3 is 2.50 bits per heavy atom. The molecule has 0 fully saturated rings. The first-order valence-corrected chi connectivity index (χ1v) is 12.1. The third kappa shape index (κ3) is 6.02. The Bertz CT molecular complexity index is 1190. The van der Waals surface area contributed by atoms with Gasteiger partial charge in [-0.25, -0.2) is 0 Å². The van der Waals surface area contributed by atoms with Crippen molar-refractivity contribution in [1.29, 1.82) is 0 Å². The molecule has 3 aromatic carbocycles. The topological polar surface area (TPSA) is 68.5 Å². The van der Waals surface area contributed by atoms with Crippen LogP contribution in [0.2, 0.25) is 0 Å². The van der Waals surface area contributed by atoms with E-state index in [1.807, 2.05) is 56.6 Å². The molecule has 166 valence electrons. The number of rotatable bonds is 10. The van der Waals surface area contributed by atoms with Crippen molar-refractivity contribution in [1.82, 2.24) is 15.1 Å². The van der Waals surface area contributed by atoms with Gasteiger partial charge in [-0.2, -0.15) is 0 Å². The van der Waals surface area contributed by atoms with Crippen LogP contribution >= 0.6 is 0 Å². The summed E-state index contributed by atoms with van der Waals surface area (Å²) in [7, 11) is 2.96. The van der Waals surface area contributed by atoms with Crippen LogP contribution in [-0.4, -0.2) is 46.6 Å². The molecule has 0 aliphatic heterocycles. The molecule has 1 aromatic heterocycles. The Hall–Kier alpha value is -3.03. The summed E-state index contributed by atoms with van der Waals surface area (Å²) in [6.45, 7) is 1.66. The highest BCUT2D eigenvalue weighted by Crippen LogP contribution is 2.22. The summed E-state index contributed by atoms with van der Waals surface area (Å²) in [6.07, 6.45) is 0.970. The SMILES string of the molecule is CN(C)CCCOc1ccc(-c2nnc(CS(=O)Cc3ccc4ccccc4c3)o2)cc1. The molecule has 0 radical (unpaired) electrons. The van der Waals surface area contributed by atoms with E-state index in [0.29, 0.717) is 24.1 Å². The molecular formula is C25H27N3O3S. The Morgan fingerprint density at radius 1 is 0.938 bits per heavy atom. The number of aromatic nitrogens is 2. The highest BCUT2D eigenvalue weighted by molar-refractivity contribution is 7.83. The van der Waals surface area contributed by atoms with Crippen molar-refractivity contribution >= 4 is 21.6 Å². The Balaban J connectivity index is 1.32. The average molecular weight is 450 g/mol. The molecule has 32 heavy (non-hydrogen) atoms. The zero-order valence-electron chi connectivity index (χ0n) is 18.4. The first kappa shape index (κ1) is 22.2. The lowest BCUT2D eigenvalue weighted by molar-refractivity contribution is 0.281. The predicted molar refractivity (Wildman–Crippen MR) is 128 cm³/mol. The summed E-state index contributed by atoms with van der Waals surface area (Å²) in [5.41, 5.74) is 1.84. The lowest BCUT2D eigenvalue weighted by Crippen LogP contribution is -2.15. The van der Waals surface area contributed by atoms with Gasteiger partial charge in [0.1, 0.15) is 11.5 Å². The van der Waals surface area contributed by atoms with Crippen LogP contribution in [0.15, 0.2) is 71.1 Å². The van der Waals surface area contributed by atoms with Crippen LogP contribution in [0.5, 0.6) is 5.75 Å². The van der Waals surface area contributed by atoms with E-state index in [2.05, 4.69) is 39.4 Å². The molecule has 0 N–H and O–H groups in total. The molecule has 0 aliphatic carbocycles. The molecule has 0 amide bonds. The van der Waals surface area contributed by atoms with Crippen molar-refractivity contribution in [2.75, 3.05) is 27.2 Å². The van der Waals surface area contributed by atoms with E-state index in [0.717, 1.165) is 35.2 Å². The molecule has 1 atom stereocenters. The molecule has 4 rings (SSSR count). The number of ether oxygens (including phenoxy) is 1. The maximum Gasteiger partial charge on any atom is 0.247 e. The lowest BCUT2D eigenvalue weighted by Gasteiger charge is -2.10. The monoisotopic (exact) mass is 449 g/mol. The minimum Gasteiger partial charge on any atom is -0.494 e. The minimum absolute atomic E-state index is 0.229. The summed E-state index contributed by atoms with van der Waals surface area (Å²) in [5.74, 6) is 2.28. The molecule has 0 saturated heterocycles. The van der Waals surface area contributed by atoms with E-state index < -0.39 is 10.8 Å². The van der Waals surface area contributed by atoms with Gasteiger partial charge < -0.3 is 14.1 Å². The minimum atomic E-state index is -1.14. The molecule has 0 aliphatic rings. The fraction of sp³-hybridized carbons (Fsp3) is 0.280. The smallest absolute Gasteiger partial charge is 0.247 e. The summed E-state index contributed by atoms with van der Waals surface area (Å²) < 4.78 is 24.1. The fourth-order valence-corrected chi connectivity index (χ4v) is 4.44. The molecule has 0 spiro atoms. The van der Waals surface area contributed by atoms with Crippen molar-refractivity contribution in [3.8, 4) is 17.2 Å². The van der Waals surface area contributed by atoms with Crippen LogP contribution in [0.4, 0.5) is 0 Å². The van der Waals surface area contributed by atoms with Gasteiger partial charge in [0.2, 0.25) is 11.8 Å². The lowest BCUT2D eigenvalue weighted by atomic mass is 10.1. The van der Waals surface area contributed by atoms with Gasteiger partial charge in [-0.3, -0.25) is 4.21 Å². The van der Waals surface area contributed by atoms with Gasteiger partial charge in [0, 0.05) is 28.7 Å². The quantitative estimate of drug-likeness (QED) is 0.328. The largest absolute Gasteiger partial charge is 0.494 e. The zero-order valence-corrected chi connectivity index (χ0v) is 19.2. The van der Waals surface area contributed by atoms with Crippen molar-refractivity contribution in [3.05, 3.63) is 78.2 Å². The third-order valence-corrected chi connectivity index (χ3v) is 6.24. The normalized spacial score (nSPS) is 12.3. The van der Waals surface area contributed by atoms with Crippen molar-refractivity contribution in [2.45, 2.75) is 17.9 Å². The van der Waals surface area contributed by atoms with Gasteiger partial charge in [-0.15, -0.1) is 10.2 Å². The van der Waals surface area contributed by atoms with E-state index in [9.17, 15) is 4.21 Å². The summed E-state index contributed by atoms with van der Waals surface area (Å²) in [6, 6.07) is 21.9. The number of hydrogen-bond acceptors (Lipinski definition) is 6. The summed E-state index contributed by atoms with van der Waals surface area (Å²) >= 11 is 0. The number of hydrogen-bond donors (Lipinski definition) is 0. The second kappa shape index (κ2) is 10.5. The van der Waals surface area contributed by atoms with E-state index in [4.69, 9.17) is 9.15 Å². The highest BCUT2D eigenvalue weighted by Gasteiger charge is 2.12. The Morgan fingerprint density at radius 2 is 1.72 bits per heavy atom. The molecule has 0 saturated carbocycles. The maximum absolute atomic E-state index is 12.6. The van der Waals surface area contributed by atoms with Crippen LogP contribution in [0.1, 0.15) is 17.9 Å². The van der Waals surface area contributed by atoms with Gasteiger partial charge >= 0.3 is 0 Å². The third-order valence-electron chi connectivity index (χ3n) is 5.01. The van der Waals surface area contributed by atoms with E-state index in [-0.39, 0.29) is 5.75 Å². The number of nitrogens with zero attached hydrogens (tertiary/aromatic N) is 3. The van der Waals surface area contributed by atoms with E-state index in [1.165, 1.54) is 5.39 Å². The van der Waals surface area contributed by atoms with Gasteiger partial charge in [0.25, 0.3) is 0 Å². The molecule has 4 aromatic rings. The molecular weight excluding hydrogens is 422 g/mol. The van der Waals surface area contributed by atoms with E-state index in [1.54, 1.807) is 0 Å². The van der Waals surface area contributed by atoms with Crippen molar-refractivity contribution < 1.29 is 13.4 Å². The molecule has 1 heterocycles. The first-order chi connectivity index (χ1) is 15.6. The Kier molecular flexibility index (Phi) is 7.29. The molecule has 7 heteroatoms. The molecule has 6 nitrogen and oxygen atoms in total. The van der Waals surface area contributed by atoms with Crippen LogP contribution in [0.25, 0.3) is 22.2 Å². The fourth-order valence-electron chi connectivity index (χ4n) is 3.40. The second-order valence-electron chi connectivity index (χ2n) is 7.94. The predicted octanol–water partition coefficient (Wildman–Crippen LogP) is 4.67. The average Bonchev–Trinajstić information content (AvgIpc) is 3.25.